The van der Waals surface area contributed by atoms with E-state index in [1.54, 1.807) is 90.0 Å². The number of hydrogen-bond donors (Lipinski definition) is 7. The number of carbonyl (C=O) groups is 5. The Bertz CT molecular complexity index is 1520. The van der Waals surface area contributed by atoms with Crippen LogP contribution < -0.4 is 21.3 Å². The van der Waals surface area contributed by atoms with Crippen molar-refractivity contribution in [3.8, 4) is 0 Å². The minimum absolute atomic E-state index is 0.00353. The summed E-state index contributed by atoms with van der Waals surface area (Å²) in [5.74, 6) is -1.44. The van der Waals surface area contributed by atoms with Crippen molar-refractivity contribution < 1.29 is 81.9 Å². The lowest BCUT2D eigenvalue weighted by Gasteiger charge is -2.49. The molecule has 0 aromatic carbocycles. The lowest BCUT2D eigenvalue weighted by molar-refractivity contribution is -0.321. The first-order valence-electron chi connectivity index (χ1n) is 21.1. The molecule has 4 amide bonds. The standard InChI is InChI=1S/C41H72N4O17/c1-20-17-24(44-36(52)61-40(9,10)11)30(58-32-23(43-35(51)60-39(6,7)8)16-15-22(55-32)18-42-34(50)59-38(3,4)5)28(49)29(20)57-33-31(54-21(2)47)26(27(48)25(19-46)56-33)45-37(53)62-41(12,13)14/h20,22-33,46,48-49H,15-19H2,1-14H3,(H,42,50)(H,43,51)(H,44,52)(H,45,53)/t20-,22?,23?,24+,25?,26+,27-,28?,29+,30?,31?,32-,33-/m1/s1. The van der Waals surface area contributed by atoms with Gasteiger partial charge in [-0.15, -0.1) is 0 Å². The Morgan fingerprint density at radius 3 is 1.60 bits per heavy atom. The van der Waals surface area contributed by atoms with Crippen molar-refractivity contribution in [3.05, 3.63) is 0 Å². The minimum Gasteiger partial charge on any atom is -0.455 e. The van der Waals surface area contributed by atoms with Gasteiger partial charge in [-0.1, -0.05) is 6.92 Å². The van der Waals surface area contributed by atoms with Crippen molar-refractivity contribution in [1.82, 2.24) is 21.3 Å². The molecule has 2 heterocycles. The maximum Gasteiger partial charge on any atom is 0.408 e. The minimum atomic E-state index is -1.64. The van der Waals surface area contributed by atoms with Crippen LogP contribution in [0, 0.1) is 5.92 Å². The van der Waals surface area contributed by atoms with Crippen molar-refractivity contribution in [2.24, 2.45) is 5.92 Å². The van der Waals surface area contributed by atoms with Crippen LogP contribution in [0.3, 0.4) is 0 Å². The first-order chi connectivity index (χ1) is 28.3. The van der Waals surface area contributed by atoms with E-state index < -0.39 is 139 Å². The summed E-state index contributed by atoms with van der Waals surface area (Å²) in [6.45, 7) is 22.3. The van der Waals surface area contributed by atoms with E-state index in [1.807, 2.05) is 0 Å². The highest BCUT2D eigenvalue weighted by Gasteiger charge is 2.53. The van der Waals surface area contributed by atoms with Gasteiger partial charge in [-0.3, -0.25) is 4.79 Å². The average molecular weight is 893 g/mol. The molecule has 3 fully saturated rings. The molecule has 358 valence electrons. The number of alkyl carbamates (subject to hydrolysis) is 4. The number of aliphatic hydroxyl groups is 3. The maximum absolute atomic E-state index is 13.3. The summed E-state index contributed by atoms with van der Waals surface area (Å²) in [5, 5.41) is 44.5. The van der Waals surface area contributed by atoms with Gasteiger partial charge in [0.05, 0.1) is 30.9 Å². The number of ether oxygens (including phenoxy) is 9. The zero-order valence-corrected chi connectivity index (χ0v) is 38.6. The monoisotopic (exact) mass is 892 g/mol. The van der Waals surface area contributed by atoms with Gasteiger partial charge in [0.15, 0.2) is 18.7 Å². The summed E-state index contributed by atoms with van der Waals surface area (Å²) in [5.41, 5.74) is -3.45. The van der Waals surface area contributed by atoms with E-state index in [4.69, 9.17) is 42.6 Å². The predicted octanol–water partition coefficient (Wildman–Crippen LogP) is 2.88. The van der Waals surface area contributed by atoms with Gasteiger partial charge in [-0.25, -0.2) is 19.2 Å². The first kappa shape index (κ1) is 52.6. The molecular weight excluding hydrogens is 820 g/mol. The zero-order valence-electron chi connectivity index (χ0n) is 38.6. The largest absolute Gasteiger partial charge is 0.455 e. The van der Waals surface area contributed by atoms with Crippen LogP contribution in [0.25, 0.3) is 0 Å². The molecule has 62 heavy (non-hydrogen) atoms. The Morgan fingerprint density at radius 1 is 0.613 bits per heavy atom. The fourth-order valence-corrected chi connectivity index (χ4v) is 7.09. The predicted molar refractivity (Wildman–Crippen MR) is 218 cm³/mol. The van der Waals surface area contributed by atoms with Gasteiger partial charge in [-0.05, 0) is 108 Å². The van der Waals surface area contributed by atoms with Crippen LogP contribution in [0.2, 0.25) is 0 Å². The van der Waals surface area contributed by atoms with Crippen LogP contribution in [-0.4, -0.2) is 155 Å². The smallest absolute Gasteiger partial charge is 0.408 e. The molecule has 2 saturated heterocycles. The summed E-state index contributed by atoms with van der Waals surface area (Å²) >= 11 is 0. The third-order valence-corrected chi connectivity index (χ3v) is 9.42. The molecule has 0 aromatic heterocycles. The van der Waals surface area contributed by atoms with E-state index in [0.29, 0.717) is 6.42 Å². The number of esters is 1. The molecule has 7 N–H and O–H groups in total. The summed E-state index contributed by atoms with van der Waals surface area (Å²) in [7, 11) is 0. The summed E-state index contributed by atoms with van der Waals surface area (Å²) in [4.78, 5) is 64.3. The highest BCUT2D eigenvalue weighted by molar-refractivity contribution is 5.70. The van der Waals surface area contributed by atoms with Crippen molar-refractivity contribution in [2.45, 2.75) is 212 Å². The number of rotatable bonds is 11. The summed E-state index contributed by atoms with van der Waals surface area (Å²) < 4.78 is 52.6. The third kappa shape index (κ3) is 17.1. The Hall–Kier alpha value is -3.73. The fraction of sp³-hybridized carbons (Fsp3) is 0.878. The van der Waals surface area contributed by atoms with Crippen molar-refractivity contribution in [2.75, 3.05) is 13.2 Å². The number of aliphatic hydroxyl groups excluding tert-OH is 3. The Labute approximate surface area is 364 Å². The summed E-state index contributed by atoms with van der Waals surface area (Å²) in [6, 6.07) is -3.25. The van der Waals surface area contributed by atoms with Crippen LogP contribution in [0.15, 0.2) is 0 Å². The third-order valence-electron chi connectivity index (χ3n) is 9.42. The average Bonchev–Trinajstić information content (AvgIpc) is 3.07. The maximum atomic E-state index is 13.3. The highest BCUT2D eigenvalue weighted by atomic mass is 16.7. The second-order valence-electron chi connectivity index (χ2n) is 20.0. The van der Waals surface area contributed by atoms with Gasteiger partial charge in [0.1, 0.15) is 52.9 Å². The zero-order chi connectivity index (χ0) is 47.1. The van der Waals surface area contributed by atoms with Crippen LogP contribution in [0.4, 0.5) is 19.2 Å². The van der Waals surface area contributed by atoms with Gasteiger partial charge in [0, 0.05) is 13.5 Å². The number of nitrogens with one attached hydrogen (secondary N) is 4. The molecule has 2 aliphatic heterocycles. The molecule has 13 atom stereocenters. The Morgan fingerprint density at radius 2 is 1.10 bits per heavy atom. The van der Waals surface area contributed by atoms with Crippen molar-refractivity contribution in [1.29, 1.82) is 0 Å². The molecule has 21 heteroatoms. The molecule has 21 nitrogen and oxygen atoms in total. The van der Waals surface area contributed by atoms with Crippen LogP contribution >= 0.6 is 0 Å². The number of carbonyl (C=O) groups excluding carboxylic acids is 5. The van der Waals surface area contributed by atoms with Gasteiger partial charge < -0.3 is 79.2 Å². The van der Waals surface area contributed by atoms with Crippen molar-refractivity contribution >= 4 is 30.3 Å². The highest BCUT2D eigenvalue weighted by Crippen LogP contribution is 2.36. The van der Waals surface area contributed by atoms with E-state index in [-0.39, 0.29) is 19.4 Å². The normalized spacial score (nSPS) is 32.0. The van der Waals surface area contributed by atoms with E-state index >= 15 is 0 Å². The molecule has 0 bridgehead atoms. The number of hydrogen-bond acceptors (Lipinski definition) is 17. The molecule has 0 radical (unpaired) electrons. The van der Waals surface area contributed by atoms with Gasteiger partial charge >= 0.3 is 30.3 Å². The lowest BCUT2D eigenvalue weighted by Crippen LogP contribution is -2.68. The molecule has 1 saturated carbocycles. The second-order valence-corrected chi connectivity index (χ2v) is 20.0. The molecule has 0 aromatic rings. The molecule has 3 rings (SSSR count). The SMILES string of the molecule is CC(=O)OC1[C@@H](O[C@@H]2C(O)C(O[C@H]3OC(CNC(=O)OC(C)(C)C)CCC3NC(=O)OC(C)(C)C)[C@@H](NC(=O)OC(C)(C)C)C[C@H]2C)OC(CO)[C@@H](O)[C@@H]1NC(=O)OC(C)(C)C. The van der Waals surface area contributed by atoms with Gasteiger partial charge in [0.25, 0.3) is 0 Å². The van der Waals surface area contributed by atoms with Gasteiger partial charge in [0.2, 0.25) is 0 Å². The molecular formula is C41H72N4O17. The van der Waals surface area contributed by atoms with Crippen LogP contribution in [0.1, 0.15) is 116 Å². The van der Waals surface area contributed by atoms with E-state index in [1.165, 1.54) is 0 Å². The fourth-order valence-electron chi connectivity index (χ4n) is 7.09. The van der Waals surface area contributed by atoms with E-state index in [2.05, 4.69) is 21.3 Å². The summed E-state index contributed by atoms with van der Waals surface area (Å²) in [6.07, 6.45) is -14.8. The quantitative estimate of drug-likeness (QED) is 0.116. The van der Waals surface area contributed by atoms with Crippen LogP contribution in [-0.2, 0) is 47.4 Å². The van der Waals surface area contributed by atoms with Crippen LogP contribution in [0.5, 0.6) is 0 Å². The van der Waals surface area contributed by atoms with Crippen molar-refractivity contribution in [3.63, 3.8) is 0 Å². The molecule has 1 aliphatic carbocycles. The second kappa shape index (κ2) is 21.3. The molecule has 0 spiro atoms. The molecule has 6 unspecified atom stereocenters. The Balaban J connectivity index is 2.02. The van der Waals surface area contributed by atoms with E-state index in [0.717, 1.165) is 6.92 Å². The lowest BCUT2D eigenvalue weighted by atomic mass is 9.80. The first-order valence-corrected chi connectivity index (χ1v) is 21.1. The molecule has 3 aliphatic rings. The van der Waals surface area contributed by atoms with Gasteiger partial charge in [-0.2, -0.15) is 0 Å². The topological polar surface area (TPSA) is 277 Å². The Kier molecular flexibility index (Phi) is 18.1. The van der Waals surface area contributed by atoms with E-state index in [9.17, 15) is 39.3 Å². The number of amides is 4.